The molecule has 2 aliphatic rings. The van der Waals surface area contributed by atoms with E-state index in [4.69, 9.17) is 5.11 Å². The number of hydrogen-bond donors (Lipinski definition) is 2. The number of carboxylic acid groups (broad SMARTS) is 1. The second-order valence-electron chi connectivity index (χ2n) is 5.93. The fourth-order valence-electron chi connectivity index (χ4n) is 2.81. The van der Waals surface area contributed by atoms with Crippen molar-refractivity contribution in [2.24, 2.45) is 11.8 Å². The summed E-state index contributed by atoms with van der Waals surface area (Å²) in [5.41, 5.74) is 0. The smallest absolute Gasteiger partial charge is 0.317 e. The van der Waals surface area contributed by atoms with Crippen LogP contribution in [0.3, 0.4) is 0 Å². The van der Waals surface area contributed by atoms with E-state index in [0.29, 0.717) is 19.6 Å². The van der Waals surface area contributed by atoms with Gasteiger partial charge in [-0.1, -0.05) is 6.92 Å². The molecule has 114 valence electrons. The zero-order valence-corrected chi connectivity index (χ0v) is 12.2. The Morgan fingerprint density at radius 3 is 2.55 bits per heavy atom. The zero-order chi connectivity index (χ0) is 14.5. The number of aliphatic carboxylic acids is 1. The van der Waals surface area contributed by atoms with Crippen molar-refractivity contribution in [3.63, 3.8) is 0 Å². The number of urea groups is 1. The molecule has 0 bridgehead atoms. The van der Waals surface area contributed by atoms with Gasteiger partial charge in [0, 0.05) is 25.6 Å². The quantitative estimate of drug-likeness (QED) is 0.708. The van der Waals surface area contributed by atoms with E-state index in [2.05, 4.69) is 10.2 Å². The average molecular weight is 283 g/mol. The van der Waals surface area contributed by atoms with Crippen molar-refractivity contribution in [3.05, 3.63) is 0 Å². The van der Waals surface area contributed by atoms with Gasteiger partial charge in [-0.25, -0.2) is 4.79 Å². The highest BCUT2D eigenvalue weighted by molar-refractivity contribution is 5.76. The summed E-state index contributed by atoms with van der Waals surface area (Å²) in [6, 6.07) is -0.0553. The van der Waals surface area contributed by atoms with Gasteiger partial charge in [0.2, 0.25) is 0 Å². The lowest BCUT2D eigenvalue weighted by Crippen LogP contribution is -2.56. The van der Waals surface area contributed by atoms with E-state index in [0.717, 1.165) is 13.0 Å². The van der Waals surface area contributed by atoms with E-state index in [1.807, 2.05) is 0 Å². The van der Waals surface area contributed by atoms with Gasteiger partial charge in [0.15, 0.2) is 0 Å². The van der Waals surface area contributed by atoms with Crippen LogP contribution in [0.1, 0.15) is 26.2 Å². The van der Waals surface area contributed by atoms with Crippen molar-refractivity contribution >= 4 is 12.0 Å². The molecular weight excluding hydrogens is 258 g/mol. The maximum Gasteiger partial charge on any atom is 0.317 e. The number of carboxylic acids is 1. The number of amides is 2. The Kier molecular flexibility index (Phi) is 5.23. The van der Waals surface area contributed by atoms with Crippen molar-refractivity contribution in [1.82, 2.24) is 15.1 Å². The molecule has 2 rings (SSSR count). The second-order valence-corrected chi connectivity index (χ2v) is 5.93. The van der Waals surface area contributed by atoms with E-state index in [1.165, 1.54) is 25.9 Å². The summed E-state index contributed by atoms with van der Waals surface area (Å²) in [4.78, 5) is 26.8. The van der Waals surface area contributed by atoms with Gasteiger partial charge in [0.25, 0.3) is 0 Å². The van der Waals surface area contributed by atoms with Gasteiger partial charge in [0.05, 0.1) is 5.92 Å². The molecule has 20 heavy (non-hydrogen) atoms. The summed E-state index contributed by atoms with van der Waals surface area (Å²) in [5, 5.41) is 11.8. The molecule has 1 atom stereocenters. The second kappa shape index (κ2) is 6.92. The van der Waals surface area contributed by atoms with Crippen LogP contribution in [0, 0.1) is 11.8 Å². The van der Waals surface area contributed by atoms with Gasteiger partial charge in [-0.2, -0.15) is 0 Å². The van der Waals surface area contributed by atoms with Crippen molar-refractivity contribution in [3.8, 4) is 0 Å². The predicted octanol–water partition coefficient (Wildman–Crippen LogP) is 0.834. The minimum absolute atomic E-state index is 0.0553. The van der Waals surface area contributed by atoms with Crippen molar-refractivity contribution in [1.29, 1.82) is 0 Å². The lowest BCUT2D eigenvalue weighted by Gasteiger charge is -2.41. The molecule has 2 fully saturated rings. The van der Waals surface area contributed by atoms with Crippen LogP contribution in [0.15, 0.2) is 0 Å². The number of carbonyl (C=O) groups excluding carboxylic acids is 1. The summed E-state index contributed by atoms with van der Waals surface area (Å²) in [6.45, 7) is 6.96. The number of nitrogens with one attached hydrogen (secondary N) is 1. The standard InChI is InChI=1S/C14H25N3O3/c1-11(13(18)19)12-9-17(10-12)14(20)15-5-4-8-16-6-2-3-7-16/h11-12H,2-10H2,1H3,(H,15,20)(H,18,19). The lowest BCUT2D eigenvalue weighted by molar-refractivity contribution is -0.144. The topological polar surface area (TPSA) is 72.9 Å². The Balaban J connectivity index is 1.54. The highest BCUT2D eigenvalue weighted by Gasteiger charge is 2.36. The van der Waals surface area contributed by atoms with E-state index >= 15 is 0 Å². The summed E-state index contributed by atoms with van der Waals surface area (Å²) in [6.07, 6.45) is 3.57. The summed E-state index contributed by atoms with van der Waals surface area (Å²) in [5.74, 6) is -1.04. The predicted molar refractivity (Wildman–Crippen MR) is 75.6 cm³/mol. The summed E-state index contributed by atoms with van der Waals surface area (Å²) in [7, 11) is 0. The van der Waals surface area contributed by atoms with Crippen LogP contribution in [0.4, 0.5) is 4.79 Å². The molecule has 0 saturated carbocycles. The highest BCUT2D eigenvalue weighted by Crippen LogP contribution is 2.23. The number of hydrogen-bond acceptors (Lipinski definition) is 3. The van der Waals surface area contributed by atoms with Crippen LogP contribution < -0.4 is 5.32 Å². The molecule has 2 aliphatic heterocycles. The van der Waals surface area contributed by atoms with Crippen molar-refractivity contribution in [2.75, 3.05) is 39.3 Å². The minimum Gasteiger partial charge on any atom is -0.481 e. The van der Waals surface area contributed by atoms with E-state index in [9.17, 15) is 9.59 Å². The molecule has 0 radical (unpaired) electrons. The number of likely N-dealkylation sites (tertiary alicyclic amines) is 2. The van der Waals surface area contributed by atoms with E-state index in [1.54, 1.807) is 11.8 Å². The van der Waals surface area contributed by atoms with Gasteiger partial charge < -0.3 is 20.2 Å². The molecule has 0 aromatic heterocycles. The van der Waals surface area contributed by atoms with Gasteiger partial charge in [-0.15, -0.1) is 0 Å². The Bertz CT molecular complexity index is 350. The van der Waals surface area contributed by atoms with Crippen molar-refractivity contribution in [2.45, 2.75) is 26.2 Å². The third-order valence-corrected chi connectivity index (χ3v) is 4.42. The maximum absolute atomic E-state index is 11.8. The third-order valence-electron chi connectivity index (χ3n) is 4.42. The van der Waals surface area contributed by atoms with Crippen LogP contribution in [-0.4, -0.2) is 66.2 Å². The van der Waals surface area contributed by atoms with E-state index < -0.39 is 5.97 Å². The zero-order valence-electron chi connectivity index (χ0n) is 12.2. The minimum atomic E-state index is -0.777. The number of carbonyl (C=O) groups is 2. The van der Waals surface area contributed by atoms with Crippen LogP contribution >= 0.6 is 0 Å². The van der Waals surface area contributed by atoms with Gasteiger partial charge in [0.1, 0.15) is 0 Å². The van der Waals surface area contributed by atoms with Gasteiger partial charge in [-0.05, 0) is 38.9 Å². The fourth-order valence-corrected chi connectivity index (χ4v) is 2.81. The lowest BCUT2D eigenvalue weighted by atomic mass is 9.87. The molecular formula is C14H25N3O3. The molecule has 0 aromatic rings. The van der Waals surface area contributed by atoms with Crippen molar-refractivity contribution < 1.29 is 14.7 Å². The first kappa shape index (κ1) is 15.1. The first-order chi connectivity index (χ1) is 9.58. The molecule has 2 heterocycles. The monoisotopic (exact) mass is 283 g/mol. The molecule has 6 nitrogen and oxygen atoms in total. The molecule has 6 heteroatoms. The molecule has 2 saturated heterocycles. The molecule has 1 unspecified atom stereocenters. The number of nitrogens with zero attached hydrogens (tertiary/aromatic N) is 2. The molecule has 2 amide bonds. The number of rotatable bonds is 6. The largest absolute Gasteiger partial charge is 0.481 e. The maximum atomic E-state index is 11.8. The Hall–Kier alpha value is -1.30. The fraction of sp³-hybridized carbons (Fsp3) is 0.857. The van der Waals surface area contributed by atoms with Crippen LogP contribution in [0.2, 0.25) is 0 Å². The molecule has 0 aliphatic carbocycles. The molecule has 2 N–H and O–H groups in total. The van der Waals surface area contributed by atoms with Crippen LogP contribution in [-0.2, 0) is 4.79 Å². The van der Waals surface area contributed by atoms with Gasteiger partial charge >= 0.3 is 12.0 Å². The summed E-state index contributed by atoms with van der Waals surface area (Å²) >= 11 is 0. The Morgan fingerprint density at radius 2 is 1.95 bits per heavy atom. The Morgan fingerprint density at radius 1 is 1.30 bits per heavy atom. The highest BCUT2D eigenvalue weighted by atomic mass is 16.4. The Labute approximate surface area is 120 Å². The average Bonchev–Trinajstić information content (AvgIpc) is 2.85. The third kappa shape index (κ3) is 3.85. The van der Waals surface area contributed by atoms with Gasteiger partial charge in [-0.3, -0.25) is 4.79 Å². The first-order valence-corrected chi connectivity index (χ1v) is 7.56. The van der Waals surface area contributed by atoms with E-state index in [-0.39, 0.29) is 17.9 Å². The van der Waals surface area contributed by atoms with Crippen LogP contribution in [0.5, 0.6) is 0 Å². The summed E-state index contributed by atoms with van der Waals surface area (Å²) < 4.78 is 0. The van der Waals surface area contributed by atoms with Crippen LogP contribution in [0.25, 0.3) is 0 Å². The first-order valence-electron chi connectivity index (χ1n) is 7.56. The molecule has 0 spiro atoms. The normalized spacial score (nSPS) is 21.6. The SMILES string of the molecule is CC(C(=O)O)C1CN(C(=O)NCCCN2CCCC2)C1. The molecule has 0 aromatic carbocycles.